The van der Waals surface area contributed by atoms with E-state index in [1.165, 1.54) is 38.1 Å². The molecule has 0 saturated carbocycles. The lowest BCUT2D eigenvalue weighted by molar-refractivity contribution is -0.385. The Morgan fingerprint density at radius 1 is 1.63 bits per heavy atom. The van der Waals surface area contributed by atoms with Crippen LogP contribution in [0.1, 0.15) is 24.2 Å². The van der Waals surface area contributed by atoms with Crippen molar-refractivity contribution in [3.05, 3.63) is 33.1 Å². The van der Waals surface area contributed by atoms with Gasteiger partial charge in [0.1, 0.15) is 5.56 Å². The van der Waals surface area contributed by atoms with Gasteiger partial charge in [-0.1, -0.05) is 11.6 Å². The van der Waals surface area contributed by atoms with Gasteiger partial charge in [-0.3, -0.25) is 14.9 Å². The summed E-state index contributed by atoms with van der Waals surface area (Å²) in [6.07, 6.45) is 1.22. The van der Waals surface area contributed by atoms with E-state index in [2.05, 4.69) is 4.98 Å². The Bertz CT molecular complexity index is 513. The number of halogens is 1. The molecule has 0 radical (unpaired) electrons. The van der Waals surface area contributed by atoms with E-state index in [9.17, 15) is 20.0 Å². The van der Waals surface area contributed by atoms with Crippen LogP contribution in [-0.2, 0) is 0 Å². The van der Waals surface area contributed by atoms with Crippen LogP contribution >= 0.6 is 11.6 Å². The van der Waals surface area contributed by atoms with E-state index in [4.69, 9.17) is 11.6 Å². The van der Waals surface area contributed by atoms with Gasteiger partial charge >= 0.3 is 5.69 Å². The van der Waals surface area contributed by atoms with Crippen LogP contribution in [0.15, 0.2) is 12.3 Å². The van der Waals surface area contributed by atoms with Gasteiger partial charge in [0, 0.05) is 19.8 Å². The summed E-state index contributed by atoms with van der Waals surface area (Å²) in [7, 11) is 1.44. The molecule has 1 rings (SSSR count). The molecule has 1 aromatic heterocycles. The fraction of sp³-hybridized carbons (Fsp3) is 0.455. The largest absolute Gasteiger partial charge is 0.389 e. The van der Waals surface area contributed by atoms with Crippen LogP contribution in [0.3, 0.4) is 0 Å². The van der Waals surface area contributed by atoms with Crippen LogP contribution in [0.5, 0.6) is 0 Å². The van der Waals surface area contributed by atoms with Gasteiger partial charge in [-0.25, -0.2) is 4.98 Å². The summed E-state index contributed by atoms with van der Waals surface area (Å²) in [5.74, 6) is -0.599. The van der Waals surface area contributed by atoms with Crippen molar-refractivity contribution in [3.63, 3.8) is 0 Å². The summed E-state index contributed by atoms with van der Waals surface area (Å²) in [5.41, 5.74) is -1.79. The number of nitrogens with zero attached hydrogens (tertiary/aromatic N) is 3. The Labute approximate surface area is 115 Å². The van der Waals surface area contributed by atoms with Crippen molar-refractivity contribution < 1.29 is 14.8 Å². The van der Waals surface area contributed by atoms with Crippen LogP contribution in [0.2, 0.25) is 5.15 Å². The molecule has 19 heavy (non-hydrogen) atoms. The lowest BCUT2D eigenvalue weighted by Crippen LogP contribution is -2.39. The van der Waals surface area contributed by atoms with Gasteiger partial charge in [-0.2, -0.15) is 0 Å². The summed E-state index contributed by atoms with van der Waals surface area (Å²) < 4.78 is 0. The zero-order valence-corrected chi connectivity index (χ0v) is 11.5. The molecule has 0 bridgehead atoms. The third kappa shape index (κ3) is 3.87. The molecule has 0 atom stereocenters. The van der Waals surface area contributed by atoms with E-state index in [0.717, 1.165) is 0 Å². The quantitative estimate of drug-likeness (QED) is 0.514. The van der Waals surface area contributed by atoms with E-state index < -0.39 is 22.1 Å². The van der Waals surface area contributed by atoms with Crippen LogP contribution in [-0.4, -0.2) is 45.0 Å². The molecule has 8 heteroatoms. The van der Waals surface area contributed by atoms with Crippen molar-refractivity contribution in [1.82, 2.24) is 9.88 Å². The molecule has 0 aromatic carbocycles. The summed E-state index contributed by atoms with van der Waals surface area (Å²) >= 11 is 5.63. The number of aromatic nitrogens is 1. The number of aliphatic hydroxyl groups is 1. The number of carbonyl (C=O) groups excluding carboxylic acids is 1. The standard InChI is InChI=1S/C11H14ClN3O4/c1-11(2,17)6-14(3)10(16)7-4-5-13-9(12)8(7)15(18)19/h4-5,17H,6H2,1-3H3. The van der Waals surface area contributed by atoms with Crippen molar-refractivity contribution in [3.8, 4) is 0 Å². The fourth-order valence-electron chi connectivity index (χ4n) is 1.63. The maximum atomic E-state index is 12.1. The molecule has 0 fully saturated rings. The molecular weight excluding hydrogens is 274 g/mol. The molecule has 1 amide bonds. The van der Waals surface area contributed by atoms with E-state index in [1.807, 2.05) is 0 Å². The normalized spacial score (nSPS) is 11.2. The second kappa shape index (κ2) is 5.50. The molecule has 0 aliphatic heterocycles. The molecule has 0 saturated heterocycles. The minimum Gasteiger partial charge on any atom is -0.389 e. The molecule has 0 spiro atoms. The Morgan fingerprint density at radius 2 is 2.21 bits per heavy atom. The van der Waals surface area contributed by atoms with Crippen LogP contribution in [0.4, 0.5) is 5.69 Å². The van der Waals surface area contributed by atoms with E-state index in [0.29, 0.717) is 0 Å². The lowest BCUT2D eigenvalue weighted by atomic mass is 10.1. The average molecular weight is 288 g/mol. The number of hydrogen-bond acceptors (Lipinski definition) is 5. The highest BCUT2D eigenvalue weighted by atomic mass is 35.5. The molecule has 7 nitrogen and oxygen atoms in total. The van der Waals surface area contributed by atoms with Crippen LogP contribution in [0.25, 0.3) is 0 Å². The first-order valence-corrected chi connectivity index (χ1v) is 5.78. The number of amides is 1. The molecule has 0 aliphatic rings. The number of likely N-dealkylation sites (N-methyl/N-ethyl adjacent to an activating group) is 1. The van der Waals surface area contributed by atoms with Crippen LogP contribution < -0.4 is 0 Å². The van der Waals surface area contributed by atoms with Crippen molar-refractivity contribution >= 4 is 23.2 Å². The number of carbonyl (C=O) groups is 1. The third-order valence-corrected chi connectivity index (χ3v) is 2.54. The second-order valence-electron chi connectivity index (χ2n) is 4.73. The Balaban J connectivity index is 3.13. The topological polar surface area (TPSA) is 96.6 Å². The highest BCUT2D eigenvalue weighted by molar-refractivity contribution is 6.32. The van der Waals surface area contributed by atoms with Crippen molar-refractivity contribution in [1.29, 1.82) is 0 Å². The highest BCUT2D eigenvalue weighted by Crippen LogP contribution is 2.27. The van der Waals surface area contributed by atoms with E-state index in [1.54, 1.807) is 0 Å². The summed E-state index contributed by atoms with van der Waals surface area (Å²) in [5, 5.41) is 20.2. The molecule has 0 aliphatic carbocycles. The third-order valence-electron chi connectivity index (χ3n) is 2.26. The molecule has 0 unspecified atom stereocenters. The number of hydrogen-bond donors (Lipinski definition) is 1. The smallest absolute Gasteiger partial charge is 0.319 e. The Hall–Kier alpha value is -1.73. The summed E-state index contributed by atoms with van der Waals surface area (Å²) in [4.78, 5) is 27.1. The van der Waals surface area contributed by atoms with Gasteiger partial charge in [0.15, 0.2) is 0 Å². The maximum absolute atomic E-state index is 12.1. The second-order valence-corrected chi connectivity index (χ2v) is 5.09. The number of pyridine rings is 1. The first-order valence-electron chi connectivity index (χ1n) is 5.40. The first-order chi connectivity index (χ1) is 8.63. The summed E-state index contributed by atoms with van der Waals surface area (Å²) in [6, 6.07) is 1.23. The average Bonchev–Trinajstić information content (AvgIpc) is 2.24. The molecular formula is C11H14ClN3O4. The van der Waals surface area contributed by atoms with Crippen LogP contribution in [0, 0.1) is 10.1 Å². The Morgan fingerprint density at radius 3 is 2.68 bits per heavy atom. The number of nitro groups is 1. The predicted octanol–water partition coefficient (Wildman–Crippen LogP) is 1.49. The molecule has 1 N–H and O–H groups in total. The monoisotopic (exact) mass is 287 g/mol. The van der Waals surface area contributed by atoms with Crippen molar-refractivity contribution in [2.24, 2.45) is 0 Å². The van der Waals surface area contributed by atoms with Gasteiger partial charge in [-0.05, 0) is 19.9 Å². The van der Waals surface area contributed by atoms with Crippen molar-refractivity contribution in [2.75, 3.05) is 13.6 Å². The minimum absolute atomic E-state index is 0.0307. The molecule has 104 valence electrons. The van der Waals surface area contributed by atoms with Gasteiger partial charge < -0.3 is 10.0 Å². The number of rotatable bonds is 4. The highest BCUT2D eigenvalue weighted by Gasteiger charge is 2.28. The van der Waals surface area contributed by atoms with Gasteiger partial charge in [0.25, 0.3) is 5.91 Å². The fourth-order valence-corrected chi connectivity index (χ4v) is 1.86. The Kier molecular flexibility index (Phi) is 4.43. The van der Waals surface area contributed by atoms with E-state index >= 15 is 0 Å². The van der Waals surface area contributed by atoms with Gasteiger partial charge in [0.05, 0.1) is 10.5 Å². The first kappa shape index (κ1) is 15.3. The minimum atomic E-state index is -1.10. The summed E-state index contributed by atoms with van der Waals surface area (Å²) in [6.45, 7) is 3.10. The molecule has 1 aromatic rings. The van der Waals surface area contributed by atoms with Gasteiger partial charge in [0.2, 0.25) is 5.15 Å². The predicted molar refractivity (Wildman–Crippen MR) is 69.2 cm³/mol. The molecule has 1 heterocycles. The maximum Gasteiger partial charge on any atom is 0.319 e. The van der Waals surface area contributed by atoms with E-state index in [-0.39, 0.29) is 17.3 Å². The zero-order valence-electron chi connectivity index (χ0n) is 10.8. The van der Waals surface area contributed by atoms with Crippen molar-refractivity contribution in [2.45, 2.75) is 19.4 Å². The zero-order chi connectivity index (χ0) is 14.8. The lowest BCUT2D eigenvalue weighted by Gasteiger charge is -2.25. The SMILES string of the molecule is CN(CC(C)(C)O)C(=O)c1ccnc(Cl)c1[N+](=O)[O-]. The van der Waals surface area contributed by atoms with Gasteiger partial charge in [-0.15, -0.1) is 0 Å².